The highest BCUT2D eigenvalue weighted by Gasteiger charge is 2.37. The Hall–Kier alpha value is -2.90. The first-order chi connectivity index (χ1) is 14.7. The molecule has 0 atom stereocenters. The molecule has 0 bridgehead atoms. The highest BCUT2D eigenvalue weighted by molar-refractivity contribution is 7.80. The summed E-state index contributed by atoms with van der Waals surface area (Å²) >= 11 is 3.07. The molecule has 0 saturated heterocycles. The molecular formula is C18HF13S. The van der Waals surface area contributed by atoms with E-state index in [0.29, 0.717) is 0 Å². The molecular weight excluding hydrogens is 495 g/mol. The van der Waals surface area contributed by atoms with E-state index in [-0.39, 0.29) is 0 Å². The van der Waals surface area contributed by atoms with Crippen molar-refractivity contribution in [2.75, 3.05) is 0 Å². The molecule has 0 N–H and O–H groups in total. The number of halogens is 13. The van der Waals surface area contributed by atoms with Crippen LogP contribution in [0.25, 0.3) is 22.3 Å². The molecule has 0 aliphatic carbocycles. The largest absolute Gasteiger partial charge is 0.203 e. The maximum Gasteiger partial charge on any atom is 0.200 e. The Balaban J connectivity index is 2.50. The van der Waals surface area contributed by atoms with E-state index >= 15 is 0 Å². The summed E-state index contributed by atoms with van der Waals surface area (Å²) in [6.45, 7) is 0. The number of hydrogen-bond donors (Lipinski definition) is 1. The van der Waals surface area contributed by atoms with Crippen LogP contribution in [0.5, 0.6) is 0 Å². The van der Waals surface area contributed by atoms with Crippen LogP contribution in [0.15, 0.2) is 4.90 Å². The third-order valence-electron chi connectivity index (χ3n) is 4.21. The van der Waals surface area contributed by atoms with Crippen molar-refractivity contribution in [3.05, 3.63) is 75.6 Å². The van der Waals surface area contributed by atoms with Crippen LogP contribution in [-0.4, -0.2) is 0 Å². The Kier molecular flexibility index (Phi) is 5.87. The molecule has 32 heavy (non-hydrogen) atoms. The van der Waals surface area contributed by atoms with Gasteiger partial charge in [-0.2, -0.15) is 0 Å². The van der Waals surface area contributed by atoms with Gasteiger partial charge in [-0.15, -0.1) is 12.6 Å². The number of rotatable bonds is 2. The zero-order chi connectivity index (χ0) is 24.4. The van der Waals surface area contributed by atoms with E-state index in [4.69, 9.17) is 0 Å². The molecule has 0 unspecified atom stereocenters. The van der Waals surface area contributed by atoms with E-state index in [9.17, 15) is 57.1 Å². The van der Waals surface area contributed by atoms with Crippen LogP contribution in [0.4, 0.5) is 57.1 Å². The number of thiol groups is 1. The second-order valence-electron chi connectivity index (χ2n) is 5.93. The van der Waals surface area contributed by atoms with Crippen molar-refractivity contribution >= 4 is 12.6 Å². The summed E-state index contributed by atoms with van der Waals surface area (Å²) in [5.41, 5.74) is -9.66. The van der Waals surface area contributed by atoms with Gasteiger partial charge in [0.05, 0.1) is 27.1 Å². The van der Waals surface area contributed by atoms with Crippen molar-refractivity contribution in [1.82, 2.24) is 0 Å². The summed E-state index contributed by atoms with van der Waals surface area (Å²) < 4.78 is 181. The fourth-order valence-corrected chi connectivity index (χ4v) is 2.93. The quantitative estimate of drug-likeness (QED) is 0.166. The van der Waals surface area contributed by atoms with E-state index in [1.807, 2.05) is 0 Å². The van der Waals surface area contributed by atoms with Crippen LogP contribution in [0.3, 0.4) is 0 Å². The first-order valence-corrected chi connectivity index (χ1v) is 8.13. The molecule has 14 heteroatoms. The minimum absolute atomic E-state index is 1.61. The van der Waals surface area contributed by atoms with Crippen LogP contribution < -0.4 is 0 Å². The summed E-state index contributed by atoms with van der Waals surface area (Å²) in [4.78, 5) is -1.61. The van der Waals surface area contributed by atoms with Crippen LogP contribution in [0.2, 0.25) is 0 Å². The Morgan fingerprint density at radius 1 is 0.250 bits per heavy atom. The van der Waals surface area contributed by atoms with Crippen molar-refractivity contribution in [1.29, 1.82) is 0 Å². The van der Waals surface area contributed by atoms with Gasteiger partial charge in [0.2, 0.25) is 5.82 Å². The highest BCUT2D eigenvalue weighted by atomic mass is 32.1. The summed E-state index contributed by atoms with van der Waals surface area (Å²) in [7, 11) is 0. The van der Waals surface area contributed by atoms with E-state index < -0.39 is 103 Å². The zero-order valence-corrected chi connectivity index (χ0v) is 15.3. The molecule has 3 rings (SSSR count). The van der Waals surface area contributed by atoms with Crippen LogP contribution in [0.1, 0.15) is 0 Å². The predicted molar refractivity (Wildman–Crippen MR) is 84.0 cm³/mol. The Labute approximate surface area is 173 Å². The Bertz CT molecular complexity index is 1130. The third-order valence-corrected chi connectivity index (χ3v) is 4.61. The van der Waals surface area contributed by atoms with E-state index in [1.54, 1.807) is 0 Å². The molecule has 0 aliphatic heterocycles. The molecule has 0 fully saturated rings. The molecule has 0 nitrogen and oxygen atoms in total. The van der Waals surface area contributed by atoms with Gasteiger partial charge in [-0.1, -0.05) is 0 Å². The van der Waals surface area contributed by atoms with Gasteiger partial charge in [-0.25, -0.2) is 57.1 Å². The lowest BCUT2D eigenvalue weighted by molar-refractivity contribution is 0.379. The molecule has 0 saturated carbocycles. The molecule has 0 heterocycles. The average molecular weight is 496 g/mol. The molecule has 0 aromatic heterocycles. The number of benzene rings is 3. The van der Waals surface area contributed by atoms with Crippen molar-refractivity contribution < 1.29 is 57.1 Å². The second-order valence-corrected chi connectivity index (χ2v) is 6.38. The minimum atomic E-state index is -2.89. The summed E-state index contributed by atoms with van der Waals surface area (Å²) in [5, 5.41) is 0. The summed E-state index contributed by atoms with van der Waals surface area (Å²) in [6.07, 6.45) is 0. The van der Waals surface area contributed by atoms with Gasteiger partial charge < -0.3 is 0 Å². The lowest BCUT2D eigenvalue weighted by atomic mass is 9.95. The van der Waals surface area contributed by atoms with E-state index in [2.05, 4.69) is 12.6 Å². The van der Waals surface area contributed by atoms with Gasteiger partial charge in [0.15, 0.2) is 69.8 Å². The van der Waals surface area contributed by atoms with Gasteiger partial charge in [-0.3, -0.25) is 0 Å². The van der Waals surface area contributed by atoms with Gasteiger partial charge in [-0.05, 0) is 0 Å². The lowest BCUT2D eigenvalue weighted by Gasteiger charge is -2.16. The average Bonchev–Trinajstić information content (AvgIpc) is 2.76. The smallest absolute Gasteiger partial charge is 0.200 e. The van der Waals surface area contributed by atoms with Gasteiger partial charge in [0, 0.05) is 0 Å². The van der Waals surface area contributed by atoms with Gasteiger partial charge in [0.1, 0.15) is 0 Å². The minimum Gasteiger partial charge on any atom is -0.203 e. The summed E-state index contributed by atoms with van der Waals surface area (Å²) in [5.74, 6) is -35.4. The third kappa shape index (κ3) is 3.11. The van der Waals surface area contributed by atoms with Gasteiger partial charge in [0.25, 0.3) is 0 Å². The van der Waals surface area contributed by atoms with Crippen molar-refractivity contribution in [3.63, 3.8) is 0 Å². The molecule has 0 amide bonds. The van der Waals surface area contributed by atoms with E-state index in [0.717, 1.165) is 0 Å². The molecule has 170 valence electrons. The van der Waals surface area contributed by atoms with Gasteiger partial charge >= 0.3 is 0 Å². The second kappa shape index (κ2) is 7.90. The normalized spacial score (nSPS) is 11.4. The number of hydrogen-bond acceptors (Lipinski definition) is 1. The van der Waals surface area contributed by atoms with Crippen molar-refractivity contribution in [3.8, 4) is 22.3 Å². The van der Waals surface area contributed by atoms with Crippen LogP contribution in [0, 0.1) is 75.6 Å². The molecule has 3 aromatic carbocycles. The first kappa shape index (κ1) is 23.8. The molecule has 0 radical (unpaired) electrons. The van der Waals surface area contributed by atoms with Crippen LogP contribution in [-0.2, 0) is 0 Å². The maximum atomic E-state index is 14.5. The lowest BCUT2D eigenvalue weighted by Crippen LogP contribution is -2.11. The fraction of sp³-hybridized carbons (Fsp3) is 0. The maximum absolute atomic E-state index is 14.5. The molecule has 3 aromatic rings. The van der Waals surface area contributed by atoms with Crippen molar-refractivity contribution in [2.45, 2.75) is 4.90 Å². The summed E-state index contributed by atoms with van der Waals surface area (Å²) in [6, 6.07) is 0. The Morgan fingerprint density at radius 3 is 0.656 bits per heavy atom. The zero-order valence-electron chi connectivity index (χ0n) is 14.4. The monoisotopic (exact) mass is 496 g/mol. The molecule has 0 aliphatic rings. The van der Waals surface area contributed by atoms with Crippen LogP contribution >= 0.6 is 12.6 Å². The highest BCUT2D eigenvalue weighted by Crippen LogP contribution is 2.42. The fourth-order valence-electron chi connectivity index (χ4n) is 2.73. The van der Waals surface area contributed by atoms with E-state index in [1.165, 1.54) is 0 Å². The Morgan fingerprint density at radius 2 is 0.406 bits per heavy atom. The standard InChI is InChI=1S/C18HF13S/c19-5-1(3-9(23)13(27)15(29)14(28)10(3)24)6(20)8(22)2(7(5)21)4-11(25)16(30)18(32)17(31)12(4)26/h32H. The topological polar surface area (TPSA) is 0 Å². The molecule has 0 spiro atoms. The predicted octanol–water partition coefficient (Wildman–Crippen LogP) is 7.12. The first-order valence-electron chi connectivity index (χ1n) is 7.68. The van der Waals surface area contributed by atoms with Crippen molar-refractivity contribution in [2.24, 2.45) is 0 Å². The SMILES string of the molecule is Fc1c(F)c(F)c(-c2c(F)c(F)c(-c3c(F)c(F)c(S)c(F)c3F)c(F)c2F)c(F)c1F.